The lowest BCUT2D eigenvalue weighted by Crippen LogP contribution is -2.42. The highest BCUT2D eigenvalue weighted by Crippen LogP contribution is 2.51. The molecule has 0 radical (unpaired) electrons. The molecule has 0 bridgehead atoms. The molecular formula is C8H17N3S. The Hall–Kier alpha value is -0.350. The Balaban J connectivity index is 2.27. The first-order valence-corrected chi connectivity index (χ1v) is 4.76. The van der Waals surface area contributed by atoms with Gasteiger partial charge in [-0.1, -0.05) is 13.8 Å². The molecule has 4 N–H and O–H groups in total. The summed E-state index contributed by atoms with van der Waals surface area (Å²) in [5.41, 5.74) is 2.91. The zero-order valence-corrected chi connectivity index (χ0v) is 8.50. The van der Waals surface area contributed by atoms with Crippen molar-refractivity contribution in [2.75, 3.05) is 6.54 Å². The van der Waals surface area contributed by atoms with Gasteiger partial charge in [-0.3, -0.25) is 0 Å². The summed E-state index contributed by atoms with van der Waals surface area (Å²) < 4.78 is 0. The average molecular weight is 187 g/mol. The van der Waals surface area contributed by atoms with Crippen LogP contribution in [0.4, 0.5) is 0 Å². The van der Waals surface area contributed by atoms with Crippen molar-refractivity contribution in [1.29, 1.82) is 0 Å². The van der Waals surface area contributed by atoms with Crippen LogP contribution in [0.2, 0.25) is 0 Å². The summed E-state index contributed by atoms with van der Waals surface area (Å²) in [6, 6.07) is 0. The molecule has 0 aromatic carbocycles. The van der Waals surface area contributed by atoms with Gasteiger partial charge in [0.05, 0.1) is 0 Å². The van der Waals surface area contributed by atoms with Crippen LogP contribution in [-0.4, -0.2) is 11.7 Å². The fourth-order valence-corrected chi connectivity index (χ4v) is 1.50. The lowest BCUT2D eigenvalue weighted by atomic mass is 9.92. The van der Waals surface area contributed by atoms with Gasteiger partial charge < -0.3 is 10.7 Å². The monoisotopic (exact) mass is 187 g/mol. The molecule has 3 nitrogen and oxygen atoms in total. The second-order valence-corrected chi connectivity index (χ2v) is 4.25. The zero-order valence-electron chi connectivity index (χ0n) is 7.68. The average Bonchev–Trinajstić information content (AvgIpc) is 2.81. The molecule has 1 aliphatic carbocycles. The highest BCUT2D eigenvalue weighted by Gasteiger charge is 2.44. The normalized spacial score (nSPS) is 19.0. The van der Waals surface area contributed by atoms with Crippen LogP contribution in [0.5, 0.6) is 0 Å². The molecule has 1 saturated carbocycles. The lowest BCUT2D eigenvalue weighted by Gasteiger charge is -2.20. The lowest BCUT2D eigenvalue weighted by molar-refractivity contribution is 0.356. The molecule has 0 aliphatic heterocycles. The molecule has 0 unspecified atom stereocenters. The van der Waals surface area contributed by atoms with E-state index in [2.05, 4.69) is 24.6 Å². The van der Waals surface area contributed by atoms with Gasteiger partial charge in [0, 0.05) is 6.54 Å². The minimum atomic E-state index is 0.487. The van der Waals surface area contributed by atoms with Gasteiger partial charge in [-0.2, -0.15) is 0 Å². The van der Waals surface area contributed by atoms with Gasteiger partial charge in [0.25, 0.3) is 0 Å². The highest BCUT2D eigenvalue weighted by atomic mass is 32.1. The molecule has 1 aliphatic rings. The van der Waals surface area contributed by atoms with Gasteiger partial charge in [0.2, 0.25) is 0 Å². The standard InChI is InChI=1S/C8H17N3S/c1-6(2)8(3-4-8)5-10-7(12)11-9/h6H,3-5,9H2,1-2H3,(H2,10,11,12). The predicted molar refractivity (Wildman–Crippen MR) is 54.4 cm³/mol. The molecule has 0 spiro atoms. The summed E-state index contributed by atoms with van der Waals surface area (Å²) in [7, 11) is 0. The Morgan fingerprint density at radius 1 is 1.58 bits per heavy atom. The number of nitrogens with one attached hydrogen (secondary N) is 2. The van der Waals surface area contributed by atoms with Gasteiger partial charge in [-0.05, 0) is 36.4 Å². The van der Waals surface area contributed by atoms with E-state index in [1.165, 1.54) is 12.8 Å². The van der Waals surface area contributed by atoms with Crippen LogP contribution in [0.3, 0.4) is 0 Å². The Bertz CT molecular complexity index is 175. The fraction of sp³-hybridized carbons (Fsp3) is 0.875. The number of hydrogen-bond acceptors (Lipinski definition) is 2. The largest absolute Gasteiger partial charge is 0.361 e. The maximum atomic E-state index is 5.14. The number of nitrogens with two attached hydrogens (primary N) is 1. The highest BCUT2D eigenvalue weighted by molar-refractivity contribution is 7.80. The molecule has 70 valence electrons. The summed E-state index contributed by atoms with van der Waals surface area (Å²) >= 11 is 4.89. The van der Waals surface area contributed by atoms with Crippen molar-refractivity contribution in [2.45, 2.75) is 26.7 Å². The molecule has 0 atom stereocenters. The van der Waals surface area contributed by atoms with Crippen LogP contribution < -0.4 is 16.6 Å². The SMILES string of the molecule is CC(C)C1(CNC(=S)NN)CC1. The third-order valence-electron chi connectivity index (χ3n) is 2.85. The van der Waals surface area contributed by atoms with E-state index < -0.39 is 0 Å². The van der Waals surface area contributed by atoms with Gasteiger partial charge in [-0.15, -0.1) is 0 Å². The molecule has 0 aromatic rings. The number of hydrazine groups is 1. The van der Waals surface area contributed by atoms with Crippen molar-refractivity contribution in [3.8, 4) is 0 Å². The predicted octanol–water partition coefficient (Wildman–Crippen LogP) is 0.760. The Labute approximate surface area is 79.1 Å². The van der Waals surface area contributed by atoms with Crippen molar-refractivity contribution >= 4 is 17.3 Å². The topological polar surface area (TPSA) is 50.1 Å². The van der Waals surface area contributed by atoms with Gasteiger partial charge in [0.1, 0.15) is 0 Å². The molecule has 1 rings (SSSR count). The van der Waals surface area contributed by atoms with Crippen molar-refractivity contribution in [1.82, 2.24) is 10.7 Å². The summed E-state index contributed by atoms with van der Waals surface area (Å²) in [6.45, 7) is 5.47. The molecule has 1 fully saturated rings. The maximum Gasteiger partial charge on any atom is 0.180 e. The van der Waals surface area contributed by atoms with Crippen LogP contribution >= 0.6 is 12.2 Å². The van der Waals surface area contributed by atoms with Crippen molar-refractivity contribution in [2.24, 2.45) is 17.2 Å². The van der Waals surface area contributed by atoms with Crippen molar-refractivity contribution < 1.29 is 0 Å². The Morgan fingerprint density at radius 2 is 2.17 bits per heavy atom. The first-order valence-electron chi connectivity index (χ1n) is 4.35. The number of hydrogen-bond donors (Lipinski definition) is 3. The summed E-state index contributed by atoms with van der Waals surface area (Å²) in [4.78, 5) is 0. The number of thiocarbonyl (C=S) groups is 1. The van der Waals surface area contributed by atoms with Crippen LogP contribution in [-0.2, 0) is 0 Å². The molecule has 0 heterocycles. The van der Waals surface area contributed by atoms with E-state index in [0.29, 0.717) is 10.5 Å². The van der Waals surface area contributed by atoms with E-state index in [9.17, 15) is 0 Å². The molecular weight excluding hydrogens is 170 g/mol. The molecule has 4 heteroatoms. The van der Waals surface area contributed by atoms with Gasteiger partial charge in [-0.25, -0.2) is 5.84 Å². The Kier molecular flexibility index (Phi) is 2.90. The maximum absolute atomic E-state index is 5.14. The molecule has 0 saturated heterocycles. The van der Waals surface area contributed by atoms with E-state index in [1.807, 2.05) is 0 Å². The summed E-state index contributed by atoms with van der Waals surface area (Å²) in [5, 5.41) is 3.66. The second-order valence-electron chi connectivity index (χ2n) is 3.84. The van der Waals surface area contributed by atoms with Crippen LogP contribution in [0.15, 0.2) is 0 Å². The van der Waals surface area contributed by atoms with E-state index in [0.717, 1.165) is 12.5 Å². The van der Waals surface area contributed by atoms with Gasteiger partial charge >= 0.3 is 0 Å². The number of rotatable bonds is 3. The van der Waals surface area contributed by atoms with Gasteiger partial charge in [0.15, 0.2) is 5.11 Å². The summed E-state index contributed by atoms with van der Waals surface area (Å²) in [6.07, 6.45) is 2.62. The van der Waals surface area contributed by atoms with Crippen LogP contribution in [0, 0.1) is 11.3 Å². The summed E-state index contributed by atoms with van der Waals surface area (Å²) in [5.74, 6) is 5.87. The van der Waals surface area contributed by atoms with Crippen molar-refractivity contribution in [3.05, 3.63) is 0 Å². The molecule has 12 heavy (non-hydrogen) atoms. The smallest absolute Gasteiger partial charge is 0.180 e. The van der Waals surface area contributed by atoms with Crippen LogP contribution in [0.1, 0.15) is 26.7 Å². The second kappa shape index (κ2) is 3.58. The van der Waals surface area contributed by atoms with E-state index in [1.54, 1.807) is 0 Å². The van der Waals surface area contributed by atoms with Crippen molar-refractivity contribution in [3.63, 3.8) is 0 Å². The van der Waals surface area contributed by atoms with E-state index >= 15 is 0 Å². The first-order chi connectivity index (χ1) is 5.60. The third kappa shape index (κ3) is 2.08. The van der Waals surface area contributed by atoms with Crippen LogP contribution in [0.25, 0.3) is 0 Å². The minimum Gasteiger partial charge on any atom is -0.361 e. The molecule has 0 amide bonds. The zero-order chi connectivity index (χ0) is 9.19. The fourth-order valence-electron chi connectivity index (χ4n) is 1.43. The third-order valence-corrected chi connectivity index (χ3v) is 3.11. The van der Waals surface area contributed by atoms with E-state index in [4.69, 9.17) is 18.1 Å². The van der Waals surface area contributed by atoms with E-state index in [-0.39, 0.29) is 0 Å². The molecule has 0 aromatic heterocycles. The quantitative estimate of drug-likeness (QED) is 0.347. The Morgan fingerprint density at radius 3 is 2.50 bits per heavy atom. The first kappa shape index (κ1) is 9.74. The minimum absolute atomic E-state index is 0.487.